The summed E-state index contributed by atoms with van der Waals surface area (Å²) < 4.78 is 2.19. The van der Waals surface area contributed by atoms with E-state index in [0.29, 0.717) is 0 Å². The number of rotatable bonds is 5. The molecule has 5 nitrogen and oxygen atoms in total. The molecule has 0 spiro atoms. The highest BCUT2D eigenvalue weighted by Crippen LogP contribution is 2.30. The van der Waals surface area contributed by atoms with Gasteiger partial charge < -0.3 is 4.90 Å². The van der Waals surface area contributed by atoms with Crippen LogP contribution in [0.5, 0.6) is 0 Å². The van der Waals surface area contributed by atoms with Crippen LogP contribution in [0.3, 0.4) is 0 Å². The maximum atomic E-state index is 4.55. The summed E-state index contributed by atoms with van der Waals surface area (Å²) in [5.41, 5.74) is 2.22. The number of hydrogen-bond donors (Lipinski definition) is 0. The fourth-order valence-electron chi connectivity index (χ4n) is 3.07. The Hall–Kier alpha value is -1.86. The standard InChI is InChI=1S/C18H21N5S2/c1-14-19-15(12-24-14)13-25-18-21-20-17(22-10-6-3-7-11-22)23(18)16-8-4-2-5-9-16/h2,4-5,8-9,12H,3,6-7,10-11,13H2,1H3. The van der Waals surface area contributed by atoms with Crippen LogP contribution in [-0.2, 0) is 5.75 Å². The van der Waals surface area contributed by atoms with E-state index in [1.165, 1.54) is 19.3 Å². The second-order valence-corrected chi connectivity index (χ2v) is 8.15. The highest BCUT2D eigenvalue weighted by Gasteiger charge is 2.21. The SMILES string of the molecule is Cc1nc(CSc2nnc(N3CCCCC3)n2-c2ccccc2)cs1. The molecule has 1 aliphatic rings. The zero-order valence-electron chi connectivity index (χ0n) is 14.3. The summed E-state index contributed by atoms with van der Waals surface area (Å²) in [6.07, 6.45) is 3.76. The summed E-state index contributed by atoms with van der Waals surface area (Å²) in [5.74, 6) is 1.78. The predicted octanol–water partition coefficient (Wildman–Crippen LogP) is 4.31. The Kier molecular flexibility index (Phi) is 5.03. The molecule has 7 heteroatoms. The number of benzene rings is 1. The van der Waals surface area contributed by atoms with E-state index in [2.05, 4.69) is 54.3 Å². The fourth-order valence-corrected chi connectivity index (χ4v) is 4.63. The van der Waals surface area contributed by atoms with Crippen LogP contribution in [0.25, 0.3) is 5.69 Å². The average molecular weight is 372 g/mol. The Balaban J connectivity index is 1.64. The maximum absolute atomic E-state index is 4.55. The van der Waals surface area contributed by atoms with Gasteiger partial charge in [0.25, 0.3) is 0 Å². The van der Waals surface area contributed by atoms with Gasteiger partial charge in [0.05, 0.1) is 16.4 Å². The lowest BCUT2D eigenvalue weighted by molar-refractivity contribution is 0.564. The van der Waals surface area contributed by atoms with Gasteiger partial charge >= 0.3 is 0 Å². The zero-order valence-corrected chi connectivity index (χ0v) is 15.9. The molecule has 3 heterocycles. The number of aryl methyl sites for hydroxylation is 1. The van der Waals surface area contributed by atoms with Crippen molar-refractivity contribution in [2.75, 3.05) is 18.0 Å². The van der Waals surface area contributed by atoms with Crippen molar-refractivity contribution in [2.45, 2.75) is 37.1 Å². The number of hydrogen-bond acceptors (Lipinski definition) is 6. The van der Waals surface area contributed by atoms with E-state index < -0.39 is 0 Å². The van der Waals surface area contributed by atoms with Gasteiger partial charge in [0.2, 0.25) is 5.95 Å². The number of piperidine rings is 1. The Labute approximate surface area is 156 Å². The van der Waals surface area contributed by atoms with Crippen molar-refractivity contribution < 1.29 is 0 Å². The Bertz CT molecular complexity index is 821. The van der Waals surface area contributed by atoms with E-state index in [0.717, 1.165) is 46.3 Å². The maximum Gasteiger partial charge on any atom is 0.232 e. The van der Waals surface area contributed by atoms with Crippen LogP contribution in [0.2, 0.25) is 0 Å². The van der Waals surface area contributed by atoms with Crippen molar-refractivity contribution in [1.29, 1.82) is 0 Å². The molecule has 0 atom stereocenters. The van der Waals surface area contributed by atoms with Crippen LogP contribution in [0.15, 0.2) is 40.9 Å². The highest BCUT2D eigenvalue weighted by atomic mass is 32.2. The van der Waals surface area contributed by atoms with Gasteiger partial charge in [0, 0.05) is 24.2 Å². The minimum atomic E-state index is 0.815. The molecule has 0 bridgehead atoms. The van der Waals surface area contributed by atoms with Crippen LogP contribution in [0.4, 0.5) is 5.95 Å². The first kappa shape index (κ1) is 16.6. The second kappa shape index (κ2) is 7.58. The van der Waals surface area contributed by atoms with Gasteiger partial charge in [-0.15, -0.1) is 21.5 Å². The van der Waals surface area contributed by atoms with Gasteiger partial charge in [0.15, 0.2) is 5.16 Å². The smallest absolute Gasteiger partial charge is 0.232 e. The lowest BCUT2D eigenvalue weighted by Crippen LogP contribution is -2.31. The average Bonchev–Trinajstić information content (AvgIpc) is 3.27. The van der Waals surface area contributed by atoms with Crippen molar-refractivity contribution in [3.8, 4) is 5.69 Å². The molecular formula is C18H21N5S2. The molecule has 0 N–H and O–H groups in total. The summed E-state index contributed by atoms with van der Waals surface area (Å²) in [6, 6.07) is 10.4. The van der Waals surface area contributed by atoms with Gasteiger partial charge in [-0.2, -0.15) is 0 Å². The second-order valence-electron chi connectivity index (χ2n) is 6.15. The molecule has 1 saturated heterocycles. The Morgan fingerprint density at radius 1 is 1.08 bits per heavy atom. The molecule has 1 aliphatic heterocycles. The molecule has 0 unspecified atom stereocenters. The Morgan fingerprint density at radius 2 is 1.88 bits per heavy atom. The molecular weight excluding hydrogens is 350 g/mol. The van der Waals surface area contributed by atoms with Crippen molar-refractivity contribution in [2.24, 2.45) is 0 Å². The van der Waals surface area contributed by atoms with Crippen LogP contribution in [-0.4, -0.2) is 32.8 Å². The van der Waals surface area contributed by atoms with Crippen molar-refractivity contribution >= 4 is 29.0 Å². The van der Waals surface area contributed by atoms with Crippen molar-refractivity contribution in [3.63, 3.8) is 0 Å². The molecule has 0 saturated carbocycles. The van der Waals surface area contributed by atoms with Gasteiger partial charge in [-0.1, -0.05) is 30.0 Å². The van der Waals surface area contributed by atoms with E-state index >= 15 is 0 Å². The van der Waals surface area contributed by atoms with E-state index in [4.69, 9.17) is 0 Å². The number of thioether (sulfide) groups is 1. The van der Waals surface area contributed by atoms with Gasteiger partial charge in [0.1, 0.15) is 0 Å². The fraction of sp³-hybridized carbons (Fsp3) is 0.389. The van der Waals surface area contributed by atoms with Crippen LogP contribution in [0.1, 0.15) is 30.0 Å². The molecule has 1 fully saturated rings. The van der Waals surface area contributed by atoms with Crippen LogP contribution >= 0.6 is 23.1 Å². The van der Waals surface area contributed by atoms with Crippen LogP contribution < -0.4 is 4.90 Å². The molecule has 1 aromatic carbocycles. The third kappa shape index (κ3) is 3.72. The first-order chi connectivity index (χ1) is 12.3. The largest absolute Gasteiger partial charge is 0.341 e. The predicted molar refractivity (Wildman–Crippen MR) is 104 cm³/mol. The number of anilines is 1. The summed E-state index contributed by atoms with van der Waals surface area (Å²) in [7, 11) is 0. The number of aromatic nitrogens is 4. The molecule has 4 rings (SSSR count). The van der Waals surface area contributed by atoms with E-state index in [1.54, 1.807) is 23.1 Å². The molecule has 3 aromatic rings. The summed E-state index contributed by atoms with van der Waals surface area (Å²) in [5, 5.41) is 13.2. The molecule has 130 valence electrons. The normalized spacial score (nSPS) is 14.8. The number of para-hydroxylation sites is 1. The molecule has 25 heavy (non-hydrogen) atoms. The molecule has 0 aliphatic carbocycles. The van der Waals surface area contributed by atoms with Gasteiger partial charge in [-0.05, 0) is 38.3 Å². The highest BCUT2D eigenvalue weighted by molar-refractivity contribution is 7.98. The quantitative estimate of drug-likeness (QED) is 0.625. The molecule has 0 amide bonds. The minimum absolute atomic E-state index is 0.815. The minimum Gasteiger partial charge on any atom is -0.341 e. The number of thiazole rings is 1. The van der Waals surface area contributed by atoms with E-state index in [-0.39, 0.29) is 0 Å². The topological polar surface area (TPSA) is 46.8 Å². The first-order valence-corrected chi connectivity index (χ1v) is 10.5. The van der Waals surface area contributed by atoms with E-state index in [1.807, 2.05) is 13.0 Å². The van der Waals surface area contributed by atoms with E-state index in [9.17, 15) is 0 Å². The Morgan fingerprint density at radius 3 is 2.60 bits per heavy atom. The van der Waals surface area contributed by atoms with Crippen molar-refractivity contribution in [3.05, 3.63) is 46.4 Å². The van der Waals surface area contributed by atoms with Crippen molar-refractivity contribution in [1.82, 2.24) is 19.7 Å². The van der Waals surface area contributed by atoms with Gasteiger partial charge in [-0.3, -0.25) is 4.57 Å². The summed E-state index contributed by atoms with van der Waals surface area (Å²) in [6.45, 7) is 4.15. The third-order valence-corrected chi connectivity index (χ3v) is 6.07. The first-order valence-electron chi connectivity index (χ1n) is 8.61. The molecule has 2 aromatic heterocycles. The summed E-state index contributed by atoms with van der Waals surface area (Å²) >= 11 is 3.39. The van der Waals surface area contributed by atoms with Gasteiger partial charge in [-0.25, -0.2) is 4.98 Å². The summed E-state index contributed by atoms with van der Waals surface area (Å²) in [4.78, 5) is 6.92. The van der Waals surface area contributed by atoms with Crippen LogP contribution in [0, 0.1) is 6.92 Å². The number of nitrogens with zero attached hydrogens (tertiary/aromatic N) is 5. The lowest BCUT2D eigenvalue weighted by Gasteiger charge is -2.27. The zero-order chi connectivity index (χ0) is 17.1. The third-order valence-electron chi connectivity index (χ3n) is 4.29. The monoisotopic (exact) mass is 371 g/mol. The lowest BCUT2D eigenvalue weighted by atomic mass is 10.1. The molecule has 0 radical (unpaired) electrons.